The van der Waals surface area contributed by atoms with Gasteiger partial charge >= 0.3 is 0 Å². The van der Waals surface area contributed by atoms with Gasteiger partial charge in [-0.05, 0) is 42.2 Å². The van der Waals surface area contributed by atoms with Gasteiger partial charge < -0.3 is 10.2 Å². The van der Waals surface area contributed by atoms with Gasteiger partial charge in [-0.2, -0.15) is 5.10 Å². The van der Waals surface area contributed by atoms with Crippen LogP contribution in [0, 0.1) is 0 Å². The average Bonchev–Trinajstić information content (AvgIpc) is 3.27. The van der Waals surface area contributed by atoms with E-state index in [0.717, 1.165) is 37.7 Å². The molecule has 5 nitrogen and oxygen atoms in total. The molecule has 0 unspecified atom stereocenters. The van der Waals surface area contributed by atoms with Crippen LogP contribution in [0.4, 0.5) is 5.69 Å². The van der Waals surface area contributed by atoms with Crippen molar-refractivity contribution in [1.82, 2.24) is 14.7 Å². The number of likely N-dealkylation sites (N-methyl/N-ethyl adjacent to an activating group) is 1. The fourth-order valence-corrected chi connectivity index (χ4v) is 2.57. The maximum Gasteiger partial charge on any atom is 0.283 e. The smallest absolute Gasteiger partial charge is 0.283 e. The molecule has 20 heavy (non-hydrogen) atoms. The fraction of sp³-hybridized carbons (Fsp3) is 0.714. The first-order chi connectivity index (χ1) is 9.63. The van der Waals surface area contributed by atoms with Crippen LogP contribution in [0.5, 0.6) is 0 Å². The first-order valence-electron chi connectivity index (χ1n) is 7.33. The average molecular weight is 343 g/mol. The van der Waals surface area contributed by atoms with Crippen LogP contribution in [0.15, 0.2) is 15.5 Å². The Kier molecular flexibility index (Phi) is 5.60. The summed E-state index contributed by atoms with van der Waals surface area (Å²) in [5.41, 5.74) is 0.728. The van der Waals surface area contributed by atoms with Crippen LogP contribution in [0.2, 0.25) is 0 Å². The Morgan fingerprint density at radius 3 is 2.95 bits per heavy atom. The molecule has 0 radical (unpaired) electrons. The quantitative estimate of drug-likeness (QED) is 0.787. The van der Waals surface area contributed by atoms with E-state index in [-0.39, 0.29) is 5.56 Å². The lowest BCUT2D eigenvalue weighted by Gasteiger charge is -2.16. The van der Waals surface area contributed by atoms with Crippen molar-refractivity contribution in [1.29, 1.82) is 0 Å². The van der Waals surface area contributed by atoms with E-state index in [1.165, 1.54) is 17.5 Å². The van der Waals surface area contributed by atoms with Gasteiger partial charge in [0.25, 0.3) is 5.56 Å². The monoisotopic (exact) mass is 342 g/mol. The molecule has 0 saturated heterocycles. The summed E-state index contributed by atoms with van der Waals surface area (Å²) in [6.45, 7) is 4.59. The lowest BCUT2D eigenvalue weighted by molar-refractivity contribution is 0.337. The van der Waals surface area contributed by atoms with Crippen LogP contribution in [0.25, 0.3) is 0 Å². The minimum absolute atomic E-state index is 0.0565. The minimum atomic E-state index is -0.0565. The van der Waals surface area contributed by atoms with E-state index in [4.69, 9.17) is 0 Å². The third-order valence-corrected chi connectivity index (χ3v) is 4.42. The van der Waals surface area contributed by atoms with E-state index >= 15 is 0 Å². The highest BCUT2D eigenvalue weighted by Gasteiger charge is 2.25. The van der Waals surface area contributed by atoms with Crippen molar-refractivity contribution >= 4 is 21.6 Å². The zero-order chi connectivity index (χ0) is 14.5. The van der Waals surface area contributed by atoms with E-state index in [1.54, 1.807) is 6.20 Å². The van der Waals surface area contributed by atoms with Crippen molar-refractivity contribution in [2.45, 2.75) is 45.2 Å². The molecule has 0 atom stereocenters. The molecule has 0 spiro atoms. The summed E-state index contributed by atoms with van der Waals surface area (Å²) in [7, 11) is 2.15. The van der Waals surface area contributed by atoms with Gasteiger partial charge in [0.15, 0.2) is 0 Å². The molecule has 1 N–H and O–H groups in total. The number of rotatable bonds is 8. The summed E-state index contributed by atoms with van der Waals surface area (Å²) >= 11 is 3.38. The molecule has 1 aliphatic carbocycles. The largest absolute Gasteiger partial charge is 0.381 e. The van der Waals surface area contributed by atoms with Crippen LogP contribution in [-0.4, -0.2) is 40.9 Å². The molecule has 6 heteroatoms. The van der Waals surface area contributed by atoms with Crippen molar-refractivity contribution in [3.63, 3.8) is 0 Å². The van der Waals surface area contributed by atoms with Gasteiger partial charge in [-0.15, -0.1) is 0 Å². The van der Waals surface area contributed by atoms with Crippen molar-refractivity contribution in [3.8, 4) is 0 Å². The first-order valence-corrected chi connectivity index (χ1v) is 8.12. The number of hydrogen-bond donors (Lipinski definition) is 1. The Labute approximate surface area is 128 Å². The van der Waals surface area contributed by atoms with E-state index in [1.807, 2.05) is 0 Å². The molecule has 1 aliphatic rings. The van der Waals surface area contributed by atoms with Crippen molar-refractivity contribution in [2.75, 3.05) is 25.5 Å². The standard InChI is InChI=1S/C14H23BrN4O/c1-3-4-8-19-14(20)13(15)12(10-17-19)16-7-9-18(2)11-5-6-11/h10-11,16H,3-9H2,1-2H3. The zero-order valence-electron chi connectivity index (χ0n) is 12.2. The summed E-state index contributed by atoms with van der Waals surface area (Å²) in [5, 5.41) is 7.51. The lowest BCUT2D eigenvalue weighted by Crippen LogP contribution is -2.28. The van der Waals surface area contributed by atoms with E-state index < -0.39 is 0 Å². The molecule has 1 fully saturated rings. The molecular formula is C14H23BrN4O. The second kappa shape index (κ2) is 7.22. The molecule has 2 rings (SSSR count). The van der Waals surface area contributed by atoms with Crippen LogP contribution in [0.1, 0.15) is 32.6 Å². The van der Waals surface area contributed by atoms with Gasteiger partial charge in [-0.3, -0.25) is 4.79 Å². The first kappa shape index (κ1) is 15.5. The van der Waals surface area contributed by atoms with E-state index in [0.29, 0.717) is 11.0 Å². The Hall–Kier alpha value is -0.880. The molecule has 0 aliphatic heterocycles. The van der Waals surface area contributed by atoms with Gasteiger partial charge in [0.2, 0.25) is 0 Å². The Morgan fingerprint density at radius 1 is 1.55 bits per heavy atom. The molecule has 0 aromatic carbocycles. The lowest BCUT2D eigenvalue weighted by atomic mass is 10.3. The summed E-state index contributed by atoms with van der Waals surface area (Å²) < 4.78 is 2.10. The number of nitrogens with one attached hydrogen (secondary N) is 1. The predicted octanol–water partition coefficient (Wildman–Crippen LogP) is 2.31. The van der Waals surface area contributed by atoms with Gasteiger partial charge in [0.05, 0.1) is 11.9 Å². The molecule has 0 bridgehead atoms. The normalized spacial score (nSPS) is 14.8. The summed E-state index contributed by atoms with van der Waals surface area (Å²) in [6.07, 6.45) is 6.39. The van der Waals surface area contributed by atoms with Gasteiger partial charge in [-0.25, -0.2) is 4.68 Å². The minimum Gasteiger partial charge on any atom is -0.381 e. The van der Waals surface area contributed by atoms with Crippen LogP contribution >= 0.6 is 15.9 Å². The van der Waals surface area contributed by atoms with Gasteiger partial charge in [0.1, 0.15) is 4.47 Å². The number of nitrogens with zero attached hydrogens (tertiary/aromatic N) is 3. The SMILES string of the molecule is CCCCn1ncc(NCCN(C)C2CC2)c(Br)c1=O. The maximum absolute atomic E-state index is 12.1. The Balaban J connectivity index is 1.91. The molecular weight excluding hydrogens is 320 g/mol. The topological polar surface area (TPSA) is 50.2 Å². The zero-order valence-corrected chi connectivity index (χ0v) is 13.8. The highest BCUT2D eigenvalue weighted by Crippen LogP contribution is 2.24. The number of aromatic nitrogens is 2. The fourth-order valence-electron chi connectivity index (χ4n) is 2.12. The maximum atomic E-state index is 12.1. The second-order valence-corrected chi connectivity index (χ2v) is 6.19. The summed E-state index contributed by atoms with van der Waals surface area (Å²) in [4.78, 5) is 14.5. The molecule has 1 saturated carbocycles. The van der Waals surface area contributed by atoms with E-state index in [2.05, 4.69) is 45.2 Å². The highest BCUT2D eigenvalue weighted by atomic mass is 79.9. The second-order valence-electron chi connectivity index (χ2n) is 5.39. The van der Waals surface area contributed by atoms with Crippen molar-refractivity contribution in [3.05, 3.63) is 21.0 Å². The van der Waals surface area contributed by atoms with Crippen LogP contribution < -0.4 is 10.9 Å². The van der Waals surface area contributed by atoms with Gasteiger partial charge in [0, 0.05) is 25.7 Å². The van der Waals surface area contributed by atoms with Crippen LogP contribution in [0.3, 0.4) is 0 Å². The Morgan fingerprint density at radius 2 is 2.30 bits per heavy atom. The number of halogens is 1. The molecule has 0 amide bonds. The number of hydrogen-bond acceptors (Lipinski definition) is 4. The van der Waals surface area contributed by atoms with Crippen molar-refractivity contribution in [2.24, 2.45) is 0 Å². The highest BCUT2D eigenvalue weighted by molar-refractivity contribution is 9.10. The molecule has 1 aromatic heterocycles. The molecule has 1 aromatic rings. The summed E-state index contributed by atoms with van der Waals surface area (Å²) in [5.74, 6) is 0. The molecule has 1 heterocycles. The third kappa shape index (κ3) is 4.06. The van der Waals surface area contributed by atoms with Crippen molar-refractivity contribution < 1.29 is 0 Å². The molecule has 112 valence electrons. The Bertz CT molecular complexity index is 498. The number of aryl methyl sites for hydroxylation is 1. The predicted molar refractivity (Wildman–Crippen MR) is 85.2 cm³/mol. The number of anilines is 1. The summed E-state index contributed by atoms with van der Waals surface area (Å²) in [6, 6.07) is 0.764. The van der Waals surface area contributed by atoms with E-state index in [9.17, 15) is 4.79 Å². The number of unbranched alkanes of at least 4 members (excludes halogenated alkanes) is 1. The van der Waals surface area contributed by atoms with Gasteiger partial charge in [-0.1, -0.05) is 13.3 Å². The third-order valence-electron chi connectivity index (χ3n) is 3.66. The van der Waals surface area contributed by atoms with Crippen LogP contribution in [-0.2, 0) is 6.54 Å².